The van der Waals surface area contributed by atoms with Crippen LogP contribution in [0.5, 0.6) is 0 Å². The van der Waals surface area contributed by atoms with Crippen molar-refractivity contribution in [2.45, 2.75) is 13.1 Å². The summed E-state index contributed by atoms with van der Waals surface area (Å²) in [5.74, 6) is 0. The molecule has 1 heterocycles. The molecule has 0 aliphatic heterocycles. The average Bonchev–Trinajstić information content (AvgIpc) is 2.83. The molecule has 2 aromatic rings. The first-order chi connectivity index (χ1) is 7.90. The maximum atomic E-state index is 8.91. The molecule has 0 saturated carbocycles. The van der Waals surface area contributed by atoms with Gasteiger partial charge in [0.05, 0.1) is 22.8 Å². The third-order valence-corrected chi connectivity index (χ3v) is 2.88. The van der Waals surface area contributed by atoms with E-state index in [-0.39, 0.29) is 0 Å². The summed E-state index contributed by atoms with van der Waals surface area (Å²) in [7, 11) is 0. The molecule has 1 aromatic heterocycles. The van der Waals surface area contributed by atoms with Crippen LogP contribution >= 0.6 is 11.3 Å². The summed E-state index contributed by atoms with van der Waals surface area (Å²) in [5.41, 5.74) is 4.62. The van der Waals surface area contributed by atoms with E-state index < -0.39 is 0 Å². The second kappa shape index (κ2) is 5.40. The van der Waals surface area contributed by atoms with Gasteiger partial charge in [0.2, 0.25) is 0 Å². The minimum atomic E-state index is 0.696. The van der Waals surface area contributed by atoms with Crippen molar-refractivity contribution in [3.8, 4) is 6.07 Å². The molecule has 0 aliphatic carbocycles. The van der Waals surface area contributed by atoms with Gasteiger partial charge in [0, 0.05) is 18.5 Å². The fourth-order valence-corrected chi connectivity index (χ4v) is 1.99. The Kier molecular flexibility index (Phi) is 3.65. The van der Waals surface area contributed by atoms with Crippen LogP contribution in [0.25, 0.3) is 0 Å². The Morgan fingerprint density at radius 1 is 1.31 bits per heavy atom. The van der Waals surface area contributed by atoms with Crippen molar-refractivity contribution in [2.75, 3.05) is 0 Å². The monoisotopic (exact) mass is 229 g/mol. The fraction of sp³-hybridized carbons (Fsp3) is 0.167. The van der Waals surface area contributed by atoms with Gasteiger partial charge in [-0.25, -0.2) is 4.98 Å². The van der Waals surface area contributed by atoms with Gasteiger partial charge in [0.25, 0.3) is 0 Å². The summed E-state index contributed by atoms with van der Waals surface area (Å²) in [6.07, 6.45) is 0. The molecule has 4 heteroatoms. The van der Waals surface area contributed by atoms with Crippen molar-refractivity contribution < 1.29 is 0 Å². The van der Waals surface area contributed by atoms with Gasteiger partial charge in [0.15, 0.2) is 0 Å². The highest BCUT2D eigenvalue weighted by atomic mass is 32.1. The molecule has 0 amide bonds. The predicted molar refractivity (Wildman–Crippen MR) is 63.8 cm³/mol. The lowest BCUT2D eigenvalue weighted by molar-refractivity contribution is 0.682. The smallest absolute Gasteiger partial charge is 0.0995 e. The first kappa shape index (κ1) is 10.8. The minimum Gasteiger partial charge on any atom is -0.307 e. The average molecular weight is 229 g/mol. The third kappa shape index (κ3) is 2.66. The molecule has 0 atom stereocenters. The van der Waals surface area contributed by atoms with Crippen LogP contribution in [-0.4, -0.2) is 4.98 Å². The summed E-state index contributed by atoms with van der Waals surface area (Å²) in [6, 6.07) is 9.81. The number of thiazole rings is 1. The zero-order valence-electron chi connectivity index (χ0n) is 8.68. The summed E-state index contributed by atoms with van der Waals surface area (Å²) in [5, 5.41) is 14.2. The third-order valence-electron chi connectivity index (χ3n) is 2.24. The molecule has 0 fully saturated rings. The van der Waals surface area contributed by atoms with Crippen LogP contribution in [-0.2, 0) is 13.1 Å². The highest BCUT2D eigenvalue weighted by Crippen LogP contribution is 2.07. The van der Waals surface area contributed by atoms with Gasteiger partial charge in [-0.1, -0.05) is 18.2 Å². The molecule has 0 unspecified atom stereocenters. The molecule has 16 heavy (non-hydrogen) atoms. The number of hydrogen-bond acceptors (Lipinski definition) is 4. The zero-order chi connectivity index (χ0) is 11.2. The van der Waals surface area contributed by atoms with E-state index >= 15 is 0 Å². The van der Waals surface area contributed by atoms with Gasteiger partial charge in [-0.3, -0.25) is 0 Å². The second-order valence-electron chi connectivity index (χ2n) is 3.35. The van der Waals surface area contributed by atoms with Gasteiger partial charge < -0.3 is 5.32 Å². The van der Waals surface area contributed by atoms with E-state index in [9.17, 15) is 0 Å². The lowest BCUT2D eigenvalue weighted by Crippen LogP contribution is -2.13. The van der Waals surface area contributed by atoms with Crippen LogP contribution < -0.4 is 5.32 Å². The van der Waals surface area contributed by atoms with Crippen molar-refractivity contribution in [3.05, 3.63) is 52.0 Å². The number of benzene rings is 1. The first-order valence-electron chi connectivity index (χ1n) is 4.96. The Morgan fingerprint density at radius 2 is 2.19 bits per heavy atom. The van der Waals surface area contributed by atoms with Gasteiger partial charge in [0.1, 0.15) is 0 Å². The van der Waals surface area contributed by atoms with E-state index in [1.807, 2.05) is 35.2 Å². The summed E-state index contributed by atoms with van der Waals surface area (Å²) in [6.45, 7) is 1.44. The van der Waals surface area contributed by atoms with Crippen molar-refractivity contribution in [1.82, 2.24) is 10.3 Å². The number of rotatable bonds is 4. The highest BCUT2D eigenvalue weighted by molar-refractivity contribution is 7.07. The lowest BCUT2D eigenvalue weighted by atomic mass is 10.1. The topological polar surface area (TPSA) is 48.7 Å². The maximum absolute atomic E-state index is 8.91. The Balaban J connectivity index is 1.93. The van der Waals surface area contributed by atoms with Gasteiger partial charge >= 0.3 is 0 Å². The number of nitriles is 1. The standard InChI is InChI=1S/C12H11N3S/c13-5-10-3-1-2-4-11(10)6-14-7-12-8-16-9-15-12/h1-4,8-9,14H,6-7H2. The molecule has 0 radical (unpaired) electrons. The molecule has 0 bridgehead atoms. The molecule has 2 rings (SSSR count). The Hall–Kier alpha value is -1.70. The molecule has 0 saturated heterocycles. The van der Waals surface area contributed by atoms with Gasteiger partial charge in [-0.2, -0.15) is 5.26 Å². The number of nitrogens with zero attached hydrogens (tertiary/aromatic N) is 2. The van der Waals surface area contributed by atoms with Crippen molar-refractivity contribution in [3.63, 3.8) is 0 Å². The van der Waals surface area contributed by atoms with E-state index in [0.29, 0.717) is 6.54 Å². The summed E-state index contributed by atoms with van der Waals surface area (Å²) < 4.78 is 0. The fourth-order valence-electron chi connectivity index (χ4n) is 1.43. The van der Waals surface area contributed by atoms with Gasteiger partial charge in [-0.15, -0.1) is 11.3 Å². The molecule has 3 nitrogen and oxygen atoms in total. The molecule has 0 spiro atoms. The van der Waals surface area contributed by atoms with Crippen molar-refractivity contribution in [1.29, 1.82) is 5.26 Å². The molecule has 80 valence electrons. The molecule has 1 aromatic carbocycles. The number of nitrogens with one attached hydrogen (secondary N) is 1. The van der Waals surface area contributed by atoms with Crippen LogP contribution in [0.1, 0.15) is 16.8 Å². The van der Waals surface area contributed by atoms with E-state index in [0.717, 1.165) is 23.4 Å². The van der Waals surface area contributed by atoms with Crippen LogP contribution in [0.2, 0.25) is 0 Å². The highest BCUT2D eigenvalue weighted by Gasteiger charge is 2.00. The van der Waals surface area contributed by atoms with E-state index in [2.05, 4.69) is 16.4 Å². The second-order valence-corrected chi connectivity index (χ2v) is 4.07. The maximum Gasteiger partial charge on any atom is 0.0995 e. The Bertz CT molecular complexity index is 485. The zero-order valence-corrected chi connectivity index (χ0v) is 9.50. The molecular formula is C12H11N3S. The van der Waals surface area contributed by atoms with Gasteiger partial charge in [-0.05, 0) is 11.6 Å². The summed E-state index contributed by atoms with van der Waals surface area (Å²) >= 11 is 1.59. The normalized spacial score (nSPS) is 9.94. The van der Waals surface area contributed by atoms with Crippen LogP contribution in [0.4, 0.5) is 0 Å². The SMILES string of the molecule is N#Cc1ccccc1CNCc1cscn1. The molecular weight excluding hydrogens is 218 g/mol. The Labute approximate surface area is 98.4 Å². The van der Waals surface area contributed by atoms with Crippen LogP contribution in [0.3, 0.4) is 0 Å². The summed E-state index contributed by atoms with van der Waals surface area (Å²) in [4.78, 5) is 4.18. The van der Waals surface area contributed by atoms with Crippen molar-refractivity contribution >= 4 is 11.3 Å². The number of hydrogen-bond donors (Lipinski definition) is 1. The minimum absolute atomic E-state index is 0.696. The van der Waals surface area contributed by atoms with Crippen LogP contribution in [0.15, 0.2) is 35.2 Å². The Morgan fingerprint density at radius 3 is 2.94 bits per heavy atom. The molecule has 1 N–H and O–H groups in total. The van der Waals surface area contributed by atoms with Crippen molar-refractivity contribution in [2.24, 2.45) is 0 Å². The van der Waals surface area contributed by atoms with E-state index in [1.165, 1.54) is 0 Å². The largest absolute Gasteiger partial charge is 0.307 e. The lowest BCUT2D eigenvalue weighted by Gasteiger charge is -2.04. The first-order valence-corrected chi connectivity index (χ1v) is 5.90. The quantitative estimate of drug-likeness (QED) is 0.875. The molecule has 0 aliphatic rings. The van der Waals surface area contributed by atoms with Crippen LogP contribution in [0, 0.1) is 11.3 Å². The number of aromatic nitrogens is 1. The van der Waals surface area contributed by atoms with E-state index in [1.54, 1.807) is 11.3 Å². The van der Waals surface area contributed by atoms with E-state index in [4.69, 9.17) is 5.26 Å². The predicted octanol–water partition coefficient (Wildman–Crippen LogP) is 2.30.